The van der Waals surface area contributed by atoms with Crippen LogP contribution in [0.2, 0.25) is 0 Å². The topological polar surface area (TPSA) is 85.1 Å². The number of nitrogens with zero attached hydrogens (tertiary/aromatic N) is 1. The Kier molecular flexibility index (Phi) is 4.61. The molecule has 2 aromatic rings. The molecule has 0 amide bonds. The summed E-state index contributed by atoms with van der Waals surface area (Å²) in [6.45, 7) is 0.0927. The molecule has 21 heavy (non-hydrogen) atoms. The molecule has 0 saturated carbocycles. The molecule has 3 N–H and O–H groups in total. The van der Waals surface area contributed by atoms with Crippen LogP contribution < -0.4 is 10.5 Å². The zero-order valence-electron chi connectivity index (χ0n) is 10.9. The second-order valence-corrected chi connectivity index (χ2v) is 6.00. The third kappa shape index (κ3) is 3.81. The van der Waals surface area contributed by atoms with Crippen LogP contribution in [-0.2, 0) is 23.1 Å². The lowest BCUT2D eigenvalue weighted by Crippen LogP contribution is -2.24. The highest BCUT2D eigenvalue weighted by Crippen LogP contribution is 2.11. The quantitative estimate of drug-likeness (QED) is 0.871. The van der Waals surface area contributed by atoms with Crippen molar-refractivity contribution in [3.05, 3.63) is 59.3 Å². The molecule has 0 aliphatic carbocycles. The Bertz CT molecular complexity index is 734. The minimum atomic E-state index is -3.82. The van der Waals surface area contributed by atoms with Gasteiger partial charge in [-0.2, -0.15) is 0 Å². The minimum absolute atomic E-state index is 0.165. The predicted octanol–water partition coefficient (Wildman–Crippen LogP) is 1.30. The molecule has 0 unspecified atom stereocenters. The Morgan fingerprint density at radius 2 is 1.81 bits per heavy atom. The number of halogens is 2. The molecule has 1 heterocycles. The van der Waals surface area contributed by atoms with E-state index in [2.05, 4.69) is 9.71 Å². The van der Waals surface area contributed by atoms with Crippen LogP contribution in [0.25, 0.3) is 0 Å². The number of nitrogens with one attached hydrogen (secondary N) is 1. The summed E-state index contributed by atoms with van der Waals surface area (Å²) in [6.07, 6.45) is 1.37. The Labute approximate surface area is 120 Å². The fourth-order valence-electron chi connectivity index (χ4n) is 1.59. The van der Waals surface area contributed by atoms with Gasteiger partial charge in [0.15, 0.2) is 16.7 Å². The lowest BCUT2D eigenvalue weighted by atomic mass is 10.2. The van der Waals surface area contributed by atoms with Crippen LogP contribution in [0.4, 0.5) is 8.78 Å². The molecule has 112 valence electrons. The van der Waals surface area contributed by atoms with Gasteiger partial charge in [-0.3, -0.25) is 0 Å². The second kappa shape index (κ2) is 6.25. The van der Waals surface area contributed by atoms with E-state index < -0.39 is 21.7 Å². The third-order valence-electron chi connectivity index (χ3n) is 2.76. The van der Waals surface area contributed by atoms with E-state index in [1.807, 2.05) is 0 Å². The number of rotatable bonds is 5. The van der Waals surface area contributed by atoms with Crippen LogP contribution in [0.5, 0.6) is 0 Å². The van der Waals surface area contributed by atoms with E-state index in [9.17, 15) is 17.2 Å². The maximum Gasteiger partial charge on any atom is 0.258 e. The second-order valence-electron chi connectivity index (χ2n) is 4.28. The van der Waals surface area contributed by atoms with Crippen molar-refractivity contribution in [2.45, 2.75) is 18.1 Å². The monoisotopic (exact) mass is 313 g/mol. The molecule has 0 spiro atoms. The smallest absolute Gasteiger partial charge is 0.258 e. The van der Waals surface area contributed by atoms with Gasteiger partial charge < -0.3 is 5.73 Å². The number of nitrogens with two attached hydrogens (primary N) is 1. The molecule has 0 aliphatic rings. The van der Waals surface area contributed by atoms with Crippen molar-refractivity contribution in [2.24, 2.45) is 5.73 Å². The zero-order chi connectivity index (χ0) is 15.5. The van der Waals surface area contributed by atoms with Gasteiger partial charge in [-0.05, 0) is 29.3 Å². The number of pyridine rings is 1. The summed E-state index contributed by atoms with van der Waals surface area (Å²) in [5.74, 6) is -2.02. The van der Waals surface area contributed by atoms with Gasteiger partial charge in [-0.15, -0.1) is 0 Å². The molecular formula is C13H13F2N3O2S. The van der Waals surface area contributed by atoms with Crippen LogP contribution in [0.1, 0.15) is 11.1 Å². The first-order chi connectivity index (χ1) is 9.92. The van der Waals surface area contributed by atoms with Crippen LogP contribution >= 0.6 is 0 Å². The summed E-state index contributed by atoms with van der Waals surface area (Å²) in [6, 6.07) is 6.05. The van der Waals surface area contributed by atoms with Crippen molar-refractivity contribution in [3.63, 3.8) is 0 Å². The lowest BCUT2D eigenvalue weighted by Gasteiger charge is -2.07. The van der Waals surface area contributed by atoms with Gasteiger partial charge in [0.25, 0.3) is 10.0 Å². The normalized spacial score (nSPS) is 11.6. The molecule has 1 aromatic carbocycles. The summed E-state index contributed by atoms with van der Waals surface area (Å²) in [4.78, 5) is 3.80. The number of sulfonamides is 1. The average molecular weight is 313 g/mol. The molecule has 0 saturated heterocycles. The largest absolute Gasteiger partial charge is 0.326 e. The summed E-state index contributed by atoms with van der Waals surface area (Å²) in [5.41, 5.74) is 6.40. The fraction of sp³-hybridized carbons (Fsp3) is 0.154. The molecule has 0 bridgehead atoms. The van der Waals surface area contributed by atoms with Crippen LogP contribution in [-0.4, -0.2) is 13.4 Å². The molecule has 0 aliphatic heterocycles. The summed E-state index contributed by atoms with van der Waals surface area (Å²) >= 11 is 0. The Morgan fingerprint density at radius 3 is 2.38 bits per heavy atom. The van der Waals surface area contributed by atoms with Crippen molar-refractivity contribution < 1.29 is 17.2 Å². The van der Waals surface area contributed by atoms with Gasteiger partial charge in [0, 0.05) is 19.3 Å². The highest BCUT2D eigenvalue weighted by atomic mass is 32.2. The van der Waals surface area contributed by atoms with Crippen molar-refractivity contribution in [3.8, 4) is 0 Å². The van der Waals surface area contributed by atoms with E-state index in [1.165, 1.54) is 18.3 Å². The molecule has 0 fully saturated rings. The molecule has 8 heteroatoms. The number of hydrogen-bond donors (Lipinski definition) is 2. The van der Waals surface area contributed by atoms with E-state index in [4.69, 9.17) is 5.73 Å². The van der Waals surface area contributed by atoms with E-state index in [0.717, 1.165) is 12.1 Å². The molecule has 1 aromatic heterocycles. The molecule has 0 atom stereocenters. The van der Waals surface area contributed by atoms with Crippen LogP contribution in [0.15, 0.2) is 41.6 Å². The first-order valence-electron chi connectivity index (χ1n) is 6.01. The van der Waals surface area contributed by atoms with E-state index >= 15 is 0 Å². The van der Waals surface area contributed by atoms with Crippen molar-refractivity contribution in [1.82, 2.24) is 9.71 Å². The van der Waals surface area contributed by atoms with Crippen molar-refractivity contribution >= 4 is 10.0 Å². The highest BCUT2D eigenvalue weighted by molar-refractivity contribution is 7.89. The molecule has 5 nitrogen and oxygen atoms in total. The number of aromatic nitrogens is 1. The van der Waals surface area contributed by atoms with Gasteiger partial charge in [-0.25, -0.2) is 26.9 Å². The first-order valence-corrected chi connectivity index (χ1v) is 7.49. The Balaban J connectivity index is 2.11. The first kappa shape index (κ1) is 15.5. The average Bonchev–Trinajstić information content (AvgIpc) is 2.48. The SMILES string of the molecule is NCc1ccc(S(=O)(=O)NCc2ccc(F)c(F)c2)nc1. The summed E-state index contributed by atoms with van der Waals surface area (Å²) in [7, 11) is -3.82. The van der Waals surface area contributed by atoms with Crippen LogP contribution in [0.3, 0.4) is 0 Å². The number of benzene rings is 1. The standard InChI is InChI=1S/C13H13F2N3O2S/c14-11-3-1-9(5-12(11)15)8-18-21(19,20)13-4-2-10(6-16)7-17-13/h1-5,7,18H,6,8,16H2. The maximum absolute atomic E-state index is 13.0. The molecule has 0 radical (unpaired) electrons. The lowest BCUT2D eigenvalue weighted by molar-refractivity contribution is 0.506. The zero-order valence-corrected chi connectivity index (χ0v) is 11.7. The fourth-order valence-corrected chi connectivity index (χ4v) is 2.54. The van der Waals surface area contributed by atoms with Gasteiger partial charge >= 0.3 is 0 Å². The predicted molar refractivity (Wildman–Crippen MR) is 72.5 cm³/mol. The molecular weight excluding hydrogens is 300 g/mol. The summed E-state index contributed by atoms with van der Waals surface area (Å²) < 4.78 is 52.0. The van der Waals surface area contributed by atoms with E-state index in [-0.39, 0.29) is 18.1 Å². The molecule has 2 rings (SSSR count). The van der Waals surface area contributed by atoms with E-state index in [1.54, 1.807) is 6.07 Å². The highest BCUT2D eigenvalue weighted by Gasteiger charge is 2.15. The third-order valence-corrected chi connectivity index (χ3v) is 4.08. The minimum Gasteiger partial charge on any atom is -0.326 e. The van der Waals surface area contributed by atoms with Crippen LogP contribution in [0, 0.1) is 11.6 Å². The maximum atomic E-state index is 13.0. The van der Waals surface area contributed by atoms with E-state index in [0.29, 0.717) is 11.1 Å². The summed E-state index contributed by atoms with van der Waals surface area (Å²) in [5, 5.41) is -0.165. The van der Waals surface area contributed by atoms with Crippen molar-refractivity contribution in [2.75, 3.05) is 0 Å². The van der Waals surface area contributed by atoms with Gasteiger partial charge in [-0.1, -0.05) is 12.1 Å². The van der Waals surface area contributed by atoms with Gasteiger partial charge in [0.1, 0.15) is 0 Å². The Hall–Kier alpha value is -1.90. The van der Waals surface area contributed by atoms with Gasteiger partial charge in [0.05, 0.1) is 0 Å². The number of hydrogen-bond acceptors (Lipinski definition) is 4. The Morgan fingerprint density at radius 1 is 1.10 bits per heavy atom. The van der Waals surface area contributed by atoms with Gasteiger partial charge in [0.2, 0.25) is 0 Å². The van der Waals surface area contributed by atoms with Crippen molar-refractivity contribution in [1.29, 1.82) is 0 Å².